The molecule has 3 rings (SSSR count). The molecule has 2 N–H and O–H groups in total. The van der Waals surface area contributed by atoms with E-state index in [0.29, 0.717) is 35.1 Å². The van der Waals surface area contributed by atoms with Gasteiger partial charge in [-0.15, -0.1) is 0 Å². The maximum atomic E-state index is 13.7. The Labute approximate surface area is 145 Å². The van der Waals surface area contributed by atoms with Gasteiger partial charge in [-0.3, -0.25) is 10.2 Å². The highest BCUT2D eigenvalue weighted by atomic mass is 35.5. The van der Waals surface area contributed by atoms with E-state index in [0.717, 1.165) is 0 Å². The average molecular weight is 351 g/mol. The van der Waals surface area contributed by atoms with Gasteiger partial charge in [0.05, 0.1) is 11.1 Å². The summed E-state index contributed by atoms with van der Waals surface area (Å²) >= 11 is 6.16. The number of amides is 1. The topological polar surface area (TPSA) is 57.3 Å². The van der Waals surface area contributed by atoms with Gasteiger partial charge in [0.1, 0.15) is 11.0 Å². The van der Waals surface area contributed by atoms with Crippen LogP contribution in [0.15, 0.2) is 18.2 Å². The SMILES string of the molecule is Cc1c(Cl)nc2ccc(F)cc2c1C(=O)NN1C[C@@H](C)N[C@@H](C)C1. The summed E-state index contributed by atoms with van der Waals surface area (Å²) in [4.78, 5) is 17.1. The number of carbonyl (C=O) groups is 1. The molecule has 1 aliphatic heterocycles. The number of hydrogen-bond donors (Lipinski definition) is 2. The van der Waals surface area contributed by atoms with Gasteiger partial charge in [-0.1, -0.05) is 11.6 Å². The summed E-state index contributed by atoms with van der Waals surface area (Å²) < 4.78 is 13.7. The first kappa shape index (κ1) is 17.1. The van der Waals surface area contributed by atoms with Crippen molar-refractivity contribution in [1.82, 2.24) is 20.7 Å². The van der Waals surface area contributed by atoms with E-state index in [1.807, 2.05) is 5.01 Å². The Morgan fingerprint density at radius 3 is 2.71 bits per heavy atom. The third kappa shape index (κ3) is 3.36. The first-order valence-electron chi connectivity index (χ1n) is 7.92. The van der Waals surface area contributed by atoms with E-state index >= 15 is 0 Å². The maximum absolute atomic E-state index is 13.7. The second kappa shape index (κ2) is 6.63. The third-order valence-corrected chi connectivity index (χ3v) is 4.54. The molecule has 1 aromatic carbocycles. The molecule has 128 valence electrons. The molecule has 5 nitrogen and oxygen atoms in total. The fraction of sp³-hybridized carbons (Fsp3) is 0.412. The Morgan fingerprint density at radius 2 is 2.04 bits per heavy atom. The standard InChI is InChI=1S/C17H20ClFN4O/c1-9-7-23(8-10(2)20-9)22-17(24)15-11(3)16(18)21-14-5-4-12(19)6-13(14)15/h4-6,9-10,20H,7-8H2,1-3H3,(H,22,24)/t9-,10+. The van der Waals surface area contributed by atoms with Crippen LogP contribution in [-0.2, 0) is 0 Å². The minimum Gasteiger partial charge on any atom is -0.309 e. The second-order valence-corrected chi connectivity index (χ2v) is 6.74. The Bertz CT molecular complexity index is 788. The van der Waals surface area contributed by atoms with Gasteiger partial charge in [0.25, 0.3) is 5.91 Å². The van der Waals surface area contributed by atoms with Gasteiger partial charge in [0.2, 0.25) is 0 Å². The summed E-state index contributed by atoms with van der Waals surface area (Å²) in [5.74, 6) is -0.710. The summed E-state index contributed by atoms with van der Waals surface area (Å²) in [6.07, 6.45) is 0. The number of nitrogens with one attached hydrogen (secondary N) is 2. The molecule has 0 bridgehead atoms. The number of fused-ring (bicyclic) bond motifs is 1. The van der Waals surface area contributed by atoms with Crippen molar-refractivity contribution in [2.45, 2.75) is 32.9 Å². The molecular formula is C17H20ClFN4O. The van der Waals surface area contributed by atoms with Gasteiger partial charge in [-0.05, 0) is 44.5 Å². The number of benzene rings is 1. The van der Waals surface area contributed by atoms with Crippen molar-refractivity contribution < 1.29 is 9.18 Å². The van der Waals surface area contributed by atoms with Crippen LogP contribution in [0.1, 0.15) is 29.8 Å². The molecule has 0 spiro atoms. The van der Waals surface area contributed by atoms with Crippen molar-refractivity contribution in [2.75, 3.05) is 13.1 Å². The van der Waals surface area contributed by atoms with E-state index in [1.165, 1.54) is 18.2 Å². The lowest BCUT2D eigenvalue weighted by molar-refractivity contribution is 0.0683. The molecule has 1 aromatic heterocycles. The molecule has 2 aromatic rings. The van der Waals surface area contributed by atoms with Gasteiger partial charge in [-0.2, -0.15) is 0 Å². The van der Waals surface area contributed by atoms with Crippen LogP contribution in [0.3, 0.4) is 0 Å². The van der Waals surface area contributed by atoms with E-state index in [4.69, 9.17) is 11.6 Å². The number of piperazine rings is 1. The first-order chi connectivity index (χ1) is 11.3. The molecule has 2 heterocycles. The molecule has 1 fully saturated rings. The number of halogens is 2. The van der Waals surface area contributed by atoms with Crippen molar-refractivity contribution >= 4 is 28.4 Å². The van der Waals surface area contributed by atoms with Crippen LogP contribution >= 0.6 is 11.6 Å². The lowest BCUT2D eigenvalue weighted by Gasteiger charge is -2.36. The third-order valence-electron chi connectivity index (χ3n) is 4.18. The van der Waals surface area contributed by atoms with E-state index in [-0.39, 0.29) is 23.1 Å². The van der Waals surface area contributed by atoms with Crippen molar-refractivity contribution in [3.63, 3.8) is 0 Å². The highest BCUT2D eigenvalue weighted by Crippen LogP contribution is 2.26. The van der Waals surface area contributed by atoms with E-state index in [1.54, 1.807) is 6.92 Å². The van der Waals surface area contributed by atoms with Crippen molar-refractivity contribution in [1.29, 1.82) is 0 Å². The van der Waals surface area contributed by atoms with Crippen LogP contribution in [0, 0.1) is 12.7 Å². The zero-order chi connectivity index (χ0) is 17.4. The van der Waals surface area contributed by atoms with Crippen molar-refractivity contribution in [3.8, 4) is 0 Å². The van der Waals surface area contributed by atoms with E-state index < -0.39 is 5.82 Å². The molecule has 1 saturated heterocycles. The number of nitrogens with zero attached hydrogens (tertiary/aromatic N) is 2. The molecule has 24 heavy (non-hydrogen) atoms. The molecule has 1 amide bonds. The van der Waals surface area contributed by atoms with Crippen molar-refractivity contribution in [3.05, 3.63) is 40.3 Å². The number of rotatable bonds is 2. The maximum Gasteiger partial charge on any atom is 0.266 e. The molecular weight excluding hydrogens is 331 g/mol. The van der Waals surface area contributed by atoms with E-state index in [2.05, 4.69) is 29.6 Å². The van der Waals surface area contributed by atoms with Crippen molar-refractivity contribution in [2.24, 2.45) is 0 Å². The minimum absolute atomic E-state index is 0.251. The summed E-state index contributed by atoms with van der Waals surface area (Å²) in [6.45, 7) is 7.24. The number of aromatic nitrogens is 1. The molecule has 2 atom stereocenters. The molecule has 7 heteroatoms. The van der Waals surface area contributed by atoms with Gasteiger partial charge in [-0.25, -0.2) is 14.4 Å². The predicted octanol–water partition coefficient (Wildman–Crippen LogP) is 2.66. The lowest BCUT2D eigenvalue weighted by atomic mass is 10.0. The summed E-state index contributed by atoms with van der Waals surface area (Å²) in [6, 6.07) is 4.70. The fourth-order valence-corrected chi connectivity index (χ4v) is 3.40. The Hall–Kier alpha value is -1.76. The van der Waals surface area contributed by atoms with Crippen LogP contribution in [0.5, 0.6) is 0 Å². The Balaban J connectivity index is 1.97. The van der Waals surface area contributed by atoms with Gasteiger partial charge >= 0.3 is 0 Å². The van der Waals surface area contributed by atoms with Crippen LogP contribution < -0.4 is 10.7 Å². The summed E-state index contributed by atoms with van der Waals surface area (Å²) in [5.41, 5.74) is 4.33. The monoisotopic (exact) mass is 350 g/mol. The largest absolute Gasteiger partial charge is 0.309 e. The quantitative estimate of drug-likeness (QED) is 0.818. The smallest absolute Gasteiger partial charge is 0.266 e. The molecule has 0 saturated carbocycles. The average Bonchev–Trinajstić information content (AvgIpc) is 2.47. The number of hydrazine groups is 1. The number of carbonyl (C=O) groups excluding carboxylic acids is 1. The summed E-state index contributed by atoms with van der Waals surface area (Å²) in [7, 11) is 0. The highest BCUT2D eigenvalue weighted by Gasteiger charge is 2.24. The number of hydrogen-bond acceptors (Lipinski definition) is 4. The molecule has 0 aliphatic carbocycles. The normalized spacial score (nSPS) is 21.9. The first-order valence-corrected chi connectivity index (χ1v) is 8.30. The molecule has 1 aliphatic rings. The second-order valence-electron chi connectivity index (χ2n) is 6.38. The molecule has 0 radical (unpaired) electrons. The fourth-order valence-electron chi connectivity index (χ4n) is 3.21. The Kier molecular flexibility index (Phi) is 4.71. The summed E-state index contributed by atoms with van der Waals surface area (Å²) in [5, 5.41) is 6.00. The lowest BCUT2D eigenvalue weighted by Crippen LogP contribution is -2.59. The van der Waals surface area contributed by atoms with Gasteiger partial charge < -0.3 is 5.32 Å². The predicted molar refractivity (Wildman–Crippen MR) is 92.5 cm³/mol. The highest BCUT2D eigenvalue weighted by molar-refractivity contribution is 6.31. The van der Waals surface area contributed by atoms with Crippen LogP contribution in [0.2, 0.25) is 5.15 Å². The zero-order valence-corrected chi connectivity index (χ0v) is 14.6. The molecule has 0 unspecified atom stereocenters. The number of pyridine rings is 1. The van der Waals surface area contributed by atoms with Crippen LogP contribution in [-0.4, -0.2) is 41.1 Å². The van der Waals surface area contributed by atoms with Gasteiger partial charge in [0.15, 0.2) is 0 Å². The zero-order valence-electron chi connectivity index (χ0n) is 13.9. The van der Waals surface area contributed by atoms with Crippen LogP contribution in [0.4, 0.5) is 4.39 Å². The Morgan fingerprint density at radius 1 is 1.38 bits per heavy atom. The minimum atomic E-state index is -0.413. The van der Waals surface area contributed by atoms with E-state index in [9.17, 15) is 9.18 Å². The van der Waals surface area contributed by atoms with Crippen LogP contribution in [0.25, 0.3) is 10.9 Å². The van der Waals surface area contributed by atoms with Gasteiger partial charge in [0, 0.05) is 30.6 Å².